The van der Waals surface area contributed by atoms with Gasteiger partial charge in [0.05, 0.1) is 56.0 Å². The van der Waals surface area contributed by atoms with E-state index in [2.05, 4.69) is 41.9 Å². The Kier molecular flexibility index (Phi) is 19.7. The van der Waals surface area contributed by atoms with E-state index in [1.165, 1.54) is 13.1 Å². The van der Waals surface area contributed by atoms with Crippen molar-refractivity contribution in [2.24, 2.45) is 23.2 Å². The van der Waals surface area contributed by atoms with Crippen LogP contribution in [0.25, 0.3) is 0 Å². The first-order valence-electron chi connectivity index (χ1n) is 28.7. The van der Waals surface area contributed by atoms with Crippen molar-refractivity contribution in [2.45, 2.75) is 154 Å². The van der Waals surface area contributed by atoms with E-state index in [0.29, 0.717) is 37.9 Å². The first-order chi connectivity index (χ1) is 38.8. The fourth-order valence-corrected chi connectivity index (χ4v) is 11.8. The van der Waals surface area contributed by atoms with E-state index < -0.39 is 94.6 Å². The molecule has 8 rings (SSSR count). The Bertz CT molecular complexity index is 2740. The highest BCUT2D eigenvalue weighted by Gasteiger charge is 2.53. The summed E-state index contributed by atoms with van der Waals surface area (Å²) in [6.45, 7) is 8.82. The topological polar surface area (TPSA) is 314 Å². The lowest BCUT2D eigenvalue weighted by Gasteiger charge is -2.38. The number of aromatic nitrogens is 2. The van der Waals surface area contributed by atoms with Crippen LogP contribution in [-0.2, 0) is 43.0 Å². The second-order valence-corrected chi connectivity index (χ2v) is 23.2. The highest BCUT2D eigenvalue weighted by Crippen LogP contribution is 2.43. The van der Waals surface area contributed by atoms with Gasteiger partial charge in [0.1, 0.15) is 35.6 Å². The average Bonchev–Trinajstić information content (AvgIpc) is 3.97. The number of hydrogen-bond acceptors (Lipinski definition) is 16. The monoisotopic (exact) mass is 1120 g/mol. The number of carbonyl (C=O) groups is 11. The highest BCUT2D eigenvalue weighted by molar-refractivity contribution is 6.38. The zero-order valence-corrected chi connectivity index (χ0v) is 47.0. The zero-order chi connectivity index (χ0) is 58.1. The van der Waals surface area contributed by atoms with Gasteiger partial charge in [0, 0.05) is 44.8 Å². The predicted molar refractivity (Wildman–Crippen MR) is 291 cm³/mol. The molecule has 1 aromatic carbocycles. The second kappa shape index (κ2) is 26.6. The molecule has 2 saturated heterocycles. The molecule has 24 nitrogen and oxygen atoms in total. The third-order valence-electron chi connectivity index (χ3n) is 16.3. The van der Waals surface area contributed by atoms with Gasteiger partial charge in [0.25, 0.3) is 35.4 Å². The summed E-state index contributed by atoms with van der Waals surface area (Å²) in [4.78, 5) is 160. The molecule has 4 heterocycles. The fourth-order valence-electron chi connectivity index (χ4n) is 11.8. The van der Waals surface area contributed by atoms with Crippen LogP contribution < -0.4 is 31.9 Å². The summed E-state index contributed by atoms with van der Waals surface area (Å²) in [6, 6.07) is -0.386. The predicted octanol–water partition coefficient (Wildman–Crippen LogP) is 2.06. The van der Waals surface area contributed by atoms with E-state index >= 15 is 0 Å². The SMILES string of the molecule is CCC[C@H](NC(=O)[C@@H]1[C@H]2CCC[C@H]2CN1C(=O)[C@@H](NC(=O)[C@@H](NC(=O)c1cnc(C(=O)NCCOCCOCCNc2cccc3c2C(=O)N(C2CCC(=O)N(C)C2=O)C3=O)cn1)C1CCCCC1)C(C)(C)C)C(=O)C(=O)NC1CC1. The van der Waals surface area contributed by atoms with Crippen LogP contribution in [0.3, 0.4) is 0 Å². The van der Waals surface area contributed by atoms with Gasteiger partial charge in [0.15, 0.2) is 0 Å². The van der Waals surface area contributed by atoms with Crippen LogP contribution >= 0.6 is 0 Å². The number of likely N-dealkylation sites (tertiary alicyclic amines) is 2. The number of ether oxygens (including phenoxy) is 2. The van der Waals surface area contributed by atoms with Crippen LogP contribution in [0.1, 0.15) is 159 Å². The van der Waals surface area contributed by atoms with Crippen molar-refractivity contribution in [3.8, 4) is 0 Å². The molecule has 438 valence electrons. The molecule has 5 fully saturated rings. The smallest absolute Gasteiger partial charge is 0.289 e. The van der Waals surface area contributed by atoms with Gasteiger partial charge in [-0.15, -0.1) is 0 Å². The van der Waals surface area contributed by atoms with Crippen LogP contribution in [0, 0.1) is 23.2 Å². The molecule has 1 aromatic heterocycles. The van der Waals surface area contributed by atoms with Gasteiger partial charge in [0.2, 0.25) is 29.4 Å². The van der Waals surface area contributed by atoms with Crippen molar-refractivity contribution in [1.82, 2.24) is 51.3 Å². The van der Waals surface area contributed by atoms with Crippen molar-refractivity contribution in [2.75, 3.05) is 58.4 Å². The molecule has 24 heteroatoms. The molecule has 2 aromatic rings. The Morgan fingerprint density at radius 2 is 1.46 bits per heavy atom. The number of likely N-dealkylation sites (N-methyl/N-ethyl adjacent to an activating group) is 1. The molecule has 0 radical (unpaired) electrons. The lowest BCUT2D eigenvalue weighted by molar-refractivity contribution is -0.149. The minimum absolute atomic E-state index is 0.0316. The summed E-state index contributed by atoms with van der Waals surface area (Å²) < 4.78 is 11.2. The molecule has 10 amide bonds. The molecule has 3 saturated carbocycles. The first kappa shape index (κ1) is 59.9. The van der Waals surface area contributed by atoms with Crippen molar-refractivity contribution >= 4 is 70.5 Å². The summed E-state index contributed by atoms with van der Waals surface area (Å²) in [6.07, 6.45) is 11.2. The lowest BCUT2D eigenvalue weighted by atomic mass is 9.82. The van der Waals surface area contributed by atoms with Crippen LogP contribution in [0.4, 0.5) is 5.69 Å². The van der Waals surface area contributed by atoms with Gasteiger partial charge in [-0.25, -0.2) is 9.97 Å². The molecule has 7 atom stereocenters. The highest BCUT2D eigenvalue weighted by atomic mass is 16.5. The molecule has 3 aliphatic heterocycles. The third-order valence-corrected chi connectivity index (χ3v) is 16.3. The second-order valence-electron chi connectivity index (χ2n) is 23.2. The minimum atomic E-state index is -1.11. The van der Waals surface area contributed by atoms with Crippen molar-refractivity contribution in [1.29, 1.82) is 0 Å². The molecular weight excluding hydrogens is 1050 g/mol. The molecule has 1 unspecified atom stereocenters. The number of amides is 10. The number of rotatable bonds is 25. The van der Waals surface area contributed by atoms with E-state index in [4.69, 9.17) is 9.47 Å². The zero-order valence-electron chi connectivity index (χ0n) is 47.0. The molecular formula is C57H77N11O13. The fraction of sp³-hybridized carbons (Fsp3) is 0.632. The van der Waals surface area contributed by atoms with Crippen molar-refractivity contribution < 1.29 is 62.2 Å². The number of nitrogens with one attached hydrogen (secondary N) is 6. The van der Waals surface area contributed by atoms with Crippen LogP contribution in [0.15, 0.2) is 30.6 Å². The van der Waals surface area contributed by atoms with Crippen LogP contribution in [0.5, 0.6) is 0 Å². The maximum absolute atomic E-state index is 14.9. The molecule has 81 heavy (non-hydrogen) atoms. The van der Waals surface area contributed by atoms with Gasteiger partial charge >= 0.3 is 0 Å². The third kappa shape index (κ3) is 14.1. The number of benzene rings is 1. The van der Waals surface area contributed by atoms with Crippen LogP contribution in [0.2, 0.25) is 0 Å². The molecule has 6 aliphatic rings. The van der Waals surface area contributed by atoms with Crippen molar-refractivity contribution in [3.05, 3.63) is 53.1 Å². The summed E-state index contributed by atoms with van der Waals surface area (Å²) in [5.41, 5.74) is -0.300. The number of piperidine rings is 1. The summed E-state index contributed by atoms with van der Waals surface area (Å²) in [5.74, 6) is -6.71. The van der Waals surface area contributed by atoms with Gasteiger partial charge in [-0.2, -0.15) is 0 Å². The standard InChI is InChI=1S/C57H77N11O13/c1-6-12-38(46(70)52(75)62-34-19-20-34)63-51(74)45-35-16-10-15-33(35)31-67(45)56(79)47(57(2,3)4)65-50(73)44(32-13-8-7-9-14-32)64-49(72)40-30-60-39(29-61-40)48(71)59-24-26-81-28-27-80-25-23-58-37-18-11-17-36-43(37)55(78)68(53(36)76)41-21-22-42(69)66(5)54(41)77/h11,17-18,29-30,32-35,38,41,44-45,47,58H,6-10,12-16,19-28,31H2,1-5H3,(H,59,71)(H,62,75)(H,63,74)(H,64,72)(H,65,73)/t33-,35-,38-,41?,44-,45-,47+/m0/s1. The molecule has 3 aliphatic carbocycles. The van der Waals surface area contributed by atoms with E-state index in [1.807, 2.05) is 27.7 Å². The Hall–Kier alpha value is -7.21. The molecule has 0 bridgehead atoms. The molecule has 6 N–H and O–H groups in total. The summed E-state index contributed by atoms with van der Waals surface area (Å²) in [5, 5.41) is 17.3. The largest absolute Gasteiger partial charge is 0.382 e. The average molecular weight is 1120 g/mol. The van der Waals surface area contributed by atoms with E-state index in [-0.39, 0.29) is 111 Å². The number of fused-ring (bicyclic) bond motifs is 2. The number of nitrogens with zero attached hydrogens (tertiary/aromatic N) is 5. The Labute approximate surface area is 471 Å². The molecule has 0 spiro atoms. The normalized spacial score (nSPS) is 22.1. The Morgan fingerprint density at radius 3 is 2.12 bits per heavy atom. The van der Waals surface area contributed by atoms with E-state index in [1.54, 1.807) is 17.0 Å². The number of Topliss-reactive ketones (excluding diaryl/α,β-unsaturated/α-hetero) is 1. The van der Waals surface area contributed by atoms with Gasteiger partial charge < -0.3 is 46.3 Å². The quantitative estimate of drug-likeness (QED) is 0.0471. The number of ketones is 1. The van der Waals surface area contributed by atoms with Gasteiger partial charge in [-0.05, 0) is 86.7 Å². The maximum atomic E-state index is 14.9. The summed E-state index contributed by atoms with van der Waals surface area (Å²) >= 11 is 0. The Balaban J connectivity index is 0.792. The number of hydrogen-bond donors (Lipinski definition) is 6. The van der Waals surface area contributed by atoms with Gasteiger partial charge in [-0.3, -0.25) is 62.5 Å². The van der Waals surface area contributed by atoms with E-state index in [0.717, 1.165) is 67.1 Å². The Morgan fingerprint density at radius 1 is 0.765 bits per heavy atom. The number of carbonyl (C=O) groups excluding carboxylic acids is 11. The number of imide groups is 2. The van der Waals surface area contributed by atoms with E-state index in [9.17, 15) is 52.7 Å². The summed E-state index contributed by atoms with van der Waals surface area (Å²) in [7, 11) is 1.34. The lowest BCUT2D eigenvalue weighted by Crippen LogP contribution is -2.62. The minimum Gasteiger partial charge on any atom is -0.382 e. The first-order valence-corrected chi connectivity index (χ1v) is 28.7. The number of anilines is 1. The van der Waals surface area contributed by atoms with Crippen molar-refractivity contribution in [3.63, 3.8) is 0 Å². The van der Waals surface area contributed by atoms with Crippen LogP contribution in [-0.4, -0.2) is 179 Å². The van der Waals surface area contributed by atoms with Gasteiger partial charge in [-0.1, -0.05) is 65.9 Å². The maximum Gasteiger partial charge on any atom is 0.289 e.